The Bertz CT molecular complexity index is 221. The van der Waals surface area contributed by atoms with E-state index in [1.54, 1.807) is 0 Å². The molecule has 2 rings (SSSR count). The molecule has 0 spiro atoms. The third kappa shape index (κ3) is 3.74. The van der Waals surface area contributed by atoms with Gasteiger partial charge >= 0.3 is 0 Å². The van der Waals surface area contributed by atoms with E-state index in [2.05, 4.69) is 31.1 Å². The van der Waals surface area contributed by atoms with Crippen molar-refractivity contribution < 1.29 is 0 Å². The van der Waals surface area contributed by atoms with Crippen molar-refractivity contribution in [2.75, 3.05) is 20.1 Å². The Labute approximate surface area is 101 Å². The second kappa shape index (κ2) is 5.05. The van der Waals surface area contributed by atoms with Gasteiger partial charge in [-0.15, -0.1) is 0 Å². The highest BCUT2D eigenvalue weighted by atomic mass is 15.2. The third-order valence-electron chi connectivity index (χ3n) is 4.27. The van der Waals surface area contributed by atoms with Crippen molar-refractivity contribution >= 4 is 0 Å². The van der Waals surface area contributed by atoms with E-state index in [1.807, 2.05) is 0 Å². The molecule has 0 amide bonds. The number of rotatable bonds is 5. The van der Waals surface area contributed by atoms with Crippen molar-refractivity contribution in [3.05, 3.63) is 0 Å². The molecule has 0 heterocycles. The summed E-state index contributed by atoms with van der Waals surface area (Å²) in [6, 6.07) is 1.68. The predicted molar refractivity (Wildman–Crippen MR) is 69.7 cm³/mol. The van der Waals surface area contributed by atoms with Gasteiger partial charge in [0.05, 0.1) is 0 Å². The van der Waals surface area contributed by atoms with Gasteiger partial charge in [-0.1, -0.05) is 20.3 Å². The van der Waals surface area contributed by atoms with Gasteiger partial charge < -0.3 is 10.2 Å². The van der Waals surface area contributed by atoms with E-state index in [9.17, 15) is 0 Å². The molecule has 2 aliphatic rings. The number of nitrogens with one attached hydrogen (secondary N) is 1. The second-order valence-electron chi connectivity index (χ2n) is 6.62. The van der Waals surface area contributed by atoms with E-state index < -0.39 is 0 Å². The Kier molecular flexibility index (Phi) is 3.91. The minimum Gasteiger partial charge on any atom is -0.313 e. The topological polar surface area (TPSA) is 15.3 Å². The van der Waals surface area contributed by atoms with Crippen molar-refractivity contribution in [2.45, 2.75) is 64.5 Å². The van der Waals surface area contributed by atoms with Crippen molar-refractivity contribution in [2.24, 2.45) is 5.41 Å². The third-order valence-corrected chi connectivity index (χ3v) is 4.27. The smallest absolute Gasteiger partial charge is 0.0107 e. The Morgan fingerprint density at radius 1 is 1.25 bits per heavy atom. The zero-order valence-corrected chi connectivity index (χ0v) is 11.3. The summed E-state index contributed by atoms with van der Waals surface area (Å²) in [4.78, 5) is 2.51. The molecule has 2 heteroatoms. The predicted octanol–water partition coefficient (Wildman–Crippen LogP) is 2.64. The first-order valence-electron chi connectivity index (χ1n) is 7.00. The van der Waals surface area contributed by atoms with E-state index in [0.29, 0.717) is 5.41 Å². The molecular weight excluding hydrogens is 196 g/mol. The van der Waals surface area contributed by atoms with Crippen LogP contribution in [0.1, 0.15) is 52.4 Å². The molecule has 16 heavy (non-hydrogen) atoms. The van der Waals surface area contributed by atoms with Crippen molar-refractivity contribution in [1.82, 2.24) is 10.2 Å². The van der Waals surface area contributed by atoms with Gasteiger partial charge in [-0.2, -0.15) is 0 Å². The van der Waals surface area contributed by atoms with Crippen LogP contribution in [0.5, 0.6) is 0 Å². The van der Waals surface area contributed by atoms with Crippen molar-refractivity contribution in [1.29, 1.82) is 0 Å². The Morgan fingerprint density at radius 3 is 2.62 bits per heavy atom. The van der Waals surface area contributed by atoms with Gasteiger partial charge in [0.2, 0.25) is 0 Å². The van der Waals surface area contributed by atoms with Gasteiger partial charge in [-0.05, 0) is 44.6 Å². The van der Waals surface area contributed by atoms with Crippen LogP contribution in [0.4, 0.5) is 0 Å². The lowest BCUT2D eigenvalue weighted by molar-refractivity contribution is 0.194. The molecule has 1 N–H and O–H groups in total. The van der Waals surface area contributed by atoms with Gasteiger partial charge in [0.25, 0.3) is 0 Å². The molecule has 2 saturated carbocycles. The fourth-order valence-electron chi connectivity index (χ4n) is 3.02. The first-order chi connectivity index (χ1) is 7.57. The minimum absolute atomic E-state index is 0.568. The standard InChI is InChI=1S/C14H28N2/c1-14(2)8-4-5-12(11-14)15-9-10-16(3)13-6-7-13/h12-13,15H,4-11H2,1-3H3. The summed E-state index contributed by atoms with van der Waals surface area (Å²) in [6.45, 7) is 7.23. The van der Waals surface area contributed by atoms with E-state index in [-0.39, 0.29) is 0 Å². The molecule has 0 aliphatic heterocycles. The van der Waals surface area contributed by atoms with E-state index in [1.165, 1.54) is 51.6 Å². The van der Waals surface area contributed by atoms with Gasteiger partial charge in [-0.3, -0.25) is 0 Å². The fourth-order valence-corrected chi connectivity index (χ4v) is 3.02. The maximum atomic E-state index is 3.75. The van der Waals surface area contributed by atoms with E-state index >= 15 is 0 Å². The lowest BCUT2D eigenvalue weighted by Gasteiger charge is -2.36. The lowest BCUT2D eigenvalue weighted by atomic mass is 9.75. The van der Waals surface area contributed by atoms with Crippen LogP contribution in [-0.2, 0) is 0 Å². The molecular formula is C14H28N2. The maximum absolute atomic E-state index is 3.75. The Morgan fingerprint density at radius 2 is 2.00 bits per heavy atom. The zero-order chi connectivity index (χ0) is 11.6. The fraction of sp³-hybridized carbons (Fsp3) is 1.00. The van der Waals surface area contributed by atoms with E-state index in [4.69, 9.17) is 0 Å². The monoisotopic (exact) mass is 224 g/mol. The molecule has 0 aromatic rings. The quantitative estimate of drug-likeness (QED) is 0.772. The highest BCUT2D eigenvalue weighted by Gasteiger charge is 2.28. The van der Waals surface area contributed by atoms with Gasteiger partial charge in [0.1, 0.15) is 0 Å². The zero-order valence-electron chi connectivity index (χ0n) is 11.3. The van der Waals surface area contributed by atoms with Gasteiger partial charge in [0, 0.05) is 25.2 Å². The highest BCUT2D eigenvalue weighted by Crippen LogP contribution is 2.35. The Hall–Kier alpha value is -0.0800. The van der Waals surface area contributed by atoms with Crippen LogP contribution < -0.4 is 5.32 Å². The average Bonchev–Trinajstić information content (AvgIpc) is 2.99. The summed E-state index contributed by atoms with van der Waals surface area (Å²) in [5, 5.41) is 3.75. The lowest BCUT2D eigenvalue weighted by Crippen LogP contribution is -2.41. The molecule has 2 nitrogen and oxygen atoms in total. The summed E-state index contributed by atoms with van der Waals surface area (Å²) in [7, 11) is 2.27. The summed E-state index contributed by atoms with van der Waals surface area (Å²) < 4.78 is 0. The second-order valence-corrected chi connectivity index (χ2v) is 6.62. The summed E-state index contributed by atoms with van der Waals surface area (Å²) in [5.41, 5.74) is 0.568. The van der Waals surface area contributed by atoms with Crippen molar-refractivity contribution in [3.63, 3.8) is 0 Å². The van der Waals surface area contributed by atoms with Gasteiger partial charge in [-0.25, -0.2) is 0 Å². The van der Waals surface area contributed by atoms with Crippen LogP contribution in [0, 0.1) is 5.41 Å². The molecule has 0 bridgehead atoms. The van der Waals surface area contributed by atoms with Crippen molar-refractivity contribution in [3.8, 4) is 0 Å². The molecule has 0 aromatic carbocycles. The first-order valence-corrected chi connectivity index (χ1v) is 7.00. The van der Waals surface area contributed by atoms with Crippen LogP contribution in [0.25, 0.3) is 0 Å². The molecule has 1 atom stereocenters. The molecule has 1 unspecified atom stereocenters. The summed E-state index contributed by atoms with van der Waals surface area (Å²) in [6.07, 6.45) is 8.41. The van der Waals surface area contributed by atoms with Crippen LogP contribution >= 0.6 is 0 Å². The van der Waals surface area contributed by atoms with Gasteiger partial charge in [0.15, 0.2) is 0 Å². The molecule has 94 valence electrons. The normalized spacial score (nSPS) is 29.6. The molecule has 2 aliphatic carbocycles. The number of hydrogen-bond donors (Lipinski definition) is 1. The summed E-state index contributed by atoms with van der Waals surface area (Å²) >= 11 is 0. The number of nitrogens with zero attached hydrogens (tertiary/aromatic N) is 1. The minimum atomic E-state index is 0.568. The summed E-state index contributed by atoms with van der Waals surface area (Å²) in [5.74, 6) is 0. The Balaban J connectivity index is 1.61. The van der Waals surface area contributed by atoms with Crippen LogP contribution in [-0.4, -0.2) is 37.1 Å². The molecule has 0 aromatic heterocycles. The average molecular weight is 224 g/mol. The van der Waals surface area contributed by atoms with E-state index in [0.717, 1.165) is 12.1 Å². The highest BCUT2D eigenvalue weighted by molar-refractivity contribution is 4.85. The molecule has 2 fully saturated rings. The molecule has 0 radical (unpaired) electrons. The SMILES string of the molecule is CN(CCNC1CCCC(C)(C)C1)C1CC1. The van der Waals surface area contributed by atoms with Crippen LogP contribution in [0.15, 0.2) is 0 Å². The number of likely N-dealkylation sites (N-methyl/N-ethyl adjacent to an activating group) is 1. The van der Waals surface area contributed by atoms with Crippen LogP contribution in [0.3, 0.4) is 0 Å². The maximum Gasteiger partial charge on any atom is 0.0107 e. The molecule has 0 saturated heterocycles. The number of hydrogen-bond acceptors (Lipinski definition) is 2. The van der Waals surface area contributed by atoms with Crippen LogP contribution in [0.2, 0.25) is 0 Å². The largest absolute Gasteiger partial charge is 0.313 e. The first kappa shape index (κ1) is 12.4.